The first-order valence-electron chi connectivity index (χ1n) is 4.44. The zero-order valence-electron chi connectivity index (χ0n) is 8.53. The van der Waals surface area contributed by atoms with Gasteiger partial charge in [0.1, 0.15) is 5.60 Å². The third kappa shape index (κ3) is 2.84. The third-order valence-corrected chi connectivity index (χ3v) is 1.64. The molecule has 0 bridgehead atoms. The minimum Gasteiger partial charge on any atom is -0.382 e. The van der Waals surface area contributed by atoms with Gasteiger partial charge in [0, 0.05) is 12.5 Å². The Bertz CT molecular complexity index is 271. The van der Waals surface area contributed by atoms with Gasteiger partial charge in [-0.1, -0.05) is 19.0 Å². The zero-order valence-corrected chi connectivity index (χ0v) is 8.53. The minimum atomic E-state index is -0.948. The van der Waals surface area contributed by atoms with Gasteiger partial charge in [0.25, 0.3) is 0 Å². The van der Waals surface area contributed by atoms with E-state index in [4.69, 9.17) is 4.52 Å². The van der Waals surface area contributed by atoms with Crippen molar-refractivity contribution in [1.82, 2.24) is 5.16 Å². The van der Waals surface area contributed by atoms with Crippen LogP contribution in [0.5, 0.6) is 0 Å². The van der Waals surface area contributed by atoms with Gasteiger partial charge in [0.05, 0.1) is 5.69 Å². The first-order valence-corrected chi connectivity index (χ1v) is 4.44. The number of aliphatic hydroxyl groups is 1. The Balaban J connectivity index is 2.75. The van der Waals surface area contributed by atoms with Crippen molar-refractivity contribution in [1.29, 1.82) is 0 Å². The summed E-state index contributed by atoms with van der Waals surface area (Å²) in [6.45, 7) is 7.48. The van der Waals surface area contributed by atoms with E-state index in [1.54, 1.807) is 19.9 Å². The number of hydrogen-bond donors (Lipinski definition) is 1. The molecule has 1 N–H and O–H groups in total. The van der Waals surface area contributed by atoms with Crippen molar-refractivity contribution in [2.75, 3.05) is 0 Å². The van der Waals surface area contributed by atoms with Crippen LogP contribution >= 0.6 is 0 Å². The van der Waals surface area contributed by atoms with Gasteiger partial charge in [0.2, 0.25) is 0 Å². The van der Waals surface area contributed by atoms with Crippen LogP contribution in [0.1, 0.15) is 39.1 Å². The van der Waals surface area contributed by atoms with Crippen LogP contribution in [0.25, 0.3) is 0 Å². The molecule has 73 valence electrons. The number of aromatic nitrogens is 1. The van der Waals surface area contributed by atoms with Crippen LogP contribution in [0.15, 0.2) is 10.6 Å². The topological polar surface area (TPSA) is 46.3 Å². The predicted molar refractivity (Wildman–Crippen MR) is 50.0 cm³/mol. The van der Waals surface area contributed by atoms with Crippen LogP contribution in [-0.4, -0.2) is 10.3 Å². The fourth-order valence-corrected chi connectivity index (χ4v) is 0.997. The van der Waals surface area contributed by atoms with Gasteiger partial charge in [0.15, 0.2) is 5.76 Å². The van der Waals surface area contributed by atoms with Crippen LogP contribution in [-0.2, 0) is 5.60 Å². The largest absolute Gasteiger partial charge is 0.382 e. The Labute approximate surface area is 78.7 Å². The standard InChI is InChI=1S/C10H16NO2/c1-7(2)5-8-6-9(13-11-8)10(3,4)12/h5-7,12H,1-4H3. The average Bonchev–Trinajstić information content (AvgIpc) is 2.32. The van der Waals surface area contributed by atoms with Gasteiger partial charge in [-0.05, 0) is 19.8 Å². The summed E-state index contributed by atoms with van der Waals surface area (Å²) < 4.78 is 5.00. The van der Waals surface area contributed by atoms with Gasteiger partial charge in [-0.15, -0.1) is 0 Å². The molecule has 3 nitrogen and oxygen atoms in total. The molecule has 0 saturated carbocycles. The molecule has 0 aliphatic rings. The fraction of sp³-hybridized carbons (Fsp3) is 0.600. The Morgan fingerprint density at radius 3 is 2.54 bits per heavy atom. The maximum absolute atomic E-state index is 9.59. The summed E-state index contributed by atoms with van der Waals surface area (Å²) >= 11 is 0. The van der Waals surface area contributed by atoms with Crippen molar-refractivity contribution >= 4 is 0 Å². The lowest BCUT2D eigenvalue weighted by molar-refractivity contribution is 0.0475. The second kappa shape index (κ2) is 3.50. The molecule has 0 aliphatic carbocycles. The summed E-state index contributed by atoms with van der Waals surface area (Å²) in [5.41, 5.74) is -0.164. The highest BCUT2D eigenvalue weighted by atomic mass is 16.5. The van der Waals surface area contributed by atoms with Crippen molar-refractivity contribution in [2.45, 2.75) is 33.3 Å². The molecular formula is C10H16NO2. The summed E-state index contributed by atoms with van der Waals surface area (Å²) in [4.78, 5) is 0. The lowest BCUT2D eigenvalue weighted by Crippen LogP contribution is -2.13. The second-order valence-electron chi connectivity index (χ2n) is 4.09. The molecule has 1 heterocycles. The van der Waals surface area contributed by atoms with Crippen molar-refractivity contribution < 1.29 is 9.63 Å². The van der Waals surface area contributed by atoms with Gasteiger partial charge in [-0.2, -0.15) is 0 Å². The molecule has 0 saturated heterocycles. The predicted octanol–water partition coefficient (Wildman–Crippen LogP) is 2.11. The molecule has 3 heteroatoms. The molecular weight excluding hydrogens is 166 g/mol. The maximum Gasteiger partial charge on any atom is 0.167 e. The van der Waals surface area contributed by atoms with E-state index in [0.717, 1.165) is 5.69 Å². The van der Waals surface area contributed by atoms with Gasteiger partial charge >= 0.3 is 0 Å². The van der Waals surface area contributed by atoms with Crippen LogP contribution in [0, 0.1) is 12.3 Å². The van der Waals surface area contributed by atoms with Crippen LogP contribution in [0.2, 0.25) is 0 Å². The summed E-state index contributed by atoms with van der Waals surface area (Å²) in [5.74, 6) is 0.930. The number of hydrogen-bond acceptors (Lipinski definition) is 3. The second-order valence-corrected chi connectivity index (χ2v) is 4.09. The molecule has 0 aromatic carbocycles. The van der Waals surface area contributed by atoms with Crippen molar-refractivity contribution in [3.05, 3.63) is 23.9 Å². The van der Waals surface area contributed by atoms with Crippen LogP contribution < -0.4 is 0 Å². The lowest BCUT2D eigenvalue weighted by atomic mass is 10.0. The van der Waals surface area contributed by atoms with E-state index >= 15 is 0 Å². The van der Waals surface area contributed by atoms with Gasteiger partial charge in [-0.25, -0.2) is 0 Å². The molecule has 1 aromatic heterocycles. The highest BCUT2D eigenvalue weighted by molar-refractivity contribution is 5.17. The van der Waals surface area contributed by atoms with E-state index in [-0.39, 0.29) is 0 Å². The molecule has 13 heavy (non-hydrogen) atoms. The highest BCUT2D eigenvalue weighted by Crippen LogP contribution is 2.21. The van der Waals surface area contributed by atoms with Crippen LogP contribution in [0.4, 0.5) is 0 Å². The fourth-order valence-electron chi connectivity index (χ4n) is 0.997. The zero-order chi connectivity index (χ0) is 10.1. The average molecular weight is 182 g/mol. The van der Waals surface area contributed by atoms with Crippen LogP contribution in [0.3, 0.4) is 0 Å². The minimum absolute atomic E-state index is 0.430. The summed E-state index contributed by atoms with van der Waals surface area (Å²) in [6.07, 6.45) is 1.98. The van der Waals surface area contributed by atoms with E-state index in [1.165, 1.54) is 0 Å². The quantitative estimate of drug-likeness (QED) is 0.778. The van der Waals surface area contributed by atoms with E-state index in [9.17, 15) is 5.11 Å². The molecule has 0 amide bonds. The molecule has 0 spiro atoms. The highest BCUT2D eigenvalue weighted by Gasteiger charge is 2.21. The van der Waals surface area contributed by atoms with E-state index in [0.29, 0.717) is 11.7 Å². The SMILES string of the molecule is CC(C)[CH]c1cc(C(C)(C)O)on1. The van der Waals surface area contributed by atoms with Crippen molar-refractivity contribution in [2.24, 2.45) is 5.92 Å². The molecule has 0 fully saturated rings. The number of rotatable bonds is 3. The molecule has 0 aliphatic heterocycles. The molecule has 0 unspecified atom stereocenters. The first-order chi connectivity index (χ1) is 5.89. The monoisotopic (exact) mass is 182 g/mol. The Morgan fingerprint density at radius 1 is 1.54 bits per heavy atom. The van der Waals surface area contributed by atoms with Crippen molar-refractivity contribution in [3.8, 4) is 0 Å². The molecule has 1 rings (SSSR count). The molecule has 0 atom stereocenters. The lowest BCUT2D eigenvalue weighted by Gasteiger charge is -2.11. The molecule has 1 aromatic rings. The van der Waals surface area contributed by atoms with E-state index in [2.05, 4.69) is 19.0 Å². The first kappa shape index (κ1) is 10.3. The van der Waals surface area contributed by atoms with E-state index in [1.807, 2.05) is 6.42 Å². The smallest absolute Gasteiger partial charge is 0.167 e. The Kier molecular flexibility index (Phi) is 2.76. The van der Waals surface area contributed by atoms with Crippen molar-refractivity contribution in [3.63, 3.8) is 0 Å². The van der Waals surface area contributed by atoms with Gasteiger partial charge in [-0.3, -0.25) is 0 Å². The Morgan fingerprint density at radius 2 is 2.15 bits per heavy atom. The maximum atomic E-state index is 9.59. The summed E-state index contributed by atoms with van der Waals surface area (Å²) in [6, 6.07) is 1.76. The summed E-state index contributed by atoms with van der Waals surface area (Å²) in [5, 5.41) is 13.4. The third-order valence-electron chi connectivity index (χ3n) is 1.64. The van der Waals surface area contributed by atoms with Gasteiger partial charge < -0.3 is 9.63 Å². The van der Waals surface area contributed by atoms with E-state index < -0.39 is 5.60 Å². The number of nitrogens with zero attached hydrogens (tertiary/aromatic N) is 1. The molecule has 1 radical (unpaired) electrons. The summed E-state index contributed by atoms with van der Waals surface area (Å²) in [7, 11) is 0. The normalized spacial score (nSPS) is 12.5. The Hall–Kier alpha value is -0.830.